The SMILES string of the molecule is c1ccc(-c2nc(-c3ccccc3)nc(-c3cc(-c4ccnc5c4sc4ccccc45)cc(-n4c5ccccc5c5ccccc54)c3)n2)cc1. The van der Waals surface area contributed by atoms with E-state index in [4.69, 9.17) is 19.9 Å². The highest BCUT2D eigenvalue weighted by molar-refractivity contribution is 7.26. The van der Waals surface area contributed by atoms with Gasteiger partial charge in [0.15, 0.2) is 17.5 Å². The van der Waals surface area contributed by atoms with Crippen LogP contribution in [0.25, 0.3) is 93.1 Å². The van der Waals surface area contributed by atoms with Crippen LogP contribution in [0.2, 0.25) is 0 Å². The molecule has 0 aliphatic carbocycles. The quantitative estimate of drug-likeness (QED) is 0.185. The number of pyridine rings is 1. The summed E-state index contributed by atoms with van der Waals surface area (Å²) in [6, 6.07) is 54.8. The number of nitrogens with zero attached hydrogens (tertiary/aromatic N) is 5. The lowest BCUT2D eigenvalue weighted by atomic mass is 10.0. The smallest absolute Gasteiger partial charge is 0.164 e. The average Bonchev–Trinajstić information content (AvgIpc) is 3.74. The van der Waals surface area contributed by atoms with Gasteiger partial charge in [-0.05, 0) is 48.0 Å². The van der Waals surface area contributed by atoms with Crippen LogP contribution in [0.15, 0.2) is 164 Å². The minimum atomic E-state index is 0.614. The van der Waals surface area contributed by atoms with Gasteiger partial charge in [-0.2, -0.15) is 0 Å². The second-order valence-corrected chi connectivity index (χ2v) is 13.4. The highest BCUT2D eigenvalue weighted by atomic mass is 32.1. The first-order valence-electron chi connectivity index (χ1n) is 16.6. The third kappa shape index (κ3) is 4.69. The van der Waals surface area contributed by atoms with E-state index in [0.29, 0.717) is 17.5 Å². The molecule has 0 spiro atoms. The number of fused-ring (bicyclic) bond motifs is 6. The first-order valence-corrected chi connectivity index (χ1v) is 17.4. The van der Waals surface area contributed by atoms with Crippen molar-refractivity contribution in [2.24, 2.45) is 0 Å². The molecule has 0 saturated carbocycles. The molecule has 6 heteroatoms. The van der Waals surface area contributed by atoms with Crippen molar-refractivity contribution >= 4 is 53.4 Å². The van der Waals surface area contributed by atoms with Gasteiger partial charge in [-0.3, -0.25) is 4.98 Å². The zero-order valence-electron chi connectivity index (χ0n) is 26.7. The van der Waals surface area contributed by atoms with Crippen LogP contribution < -0.4 is 0 Å². The largest absolute Gasteiger partial charge is 0.309 e. The molecule has 0 aliphatic heterocycles. The molecule has 4 aromatic heterocycles. The number of thiophene rings is 1. The number of aromatic nitrogens is 5. The van der Waals surface area contributed by atoms with Gasteiger partial charge in [-0.15, -0.1) is 11.3 Å². The van der Waals surface area contributed by atoms with E-state index < -0.39 is 0 Å². The van der Waals surface area contributed by atoms with Crippen LogP contribution in [0.4, 0.5) is 0 Å². The Kier molecular flexibility index (Phi) is 6.60. The third-order valence-electron chi connectivity index (χ3n) is 9.28. The fourth-order valence-corrected chi connectivity index (χ4v) is 8.19. The Balaban J connectivity index is 1.29. The zero-order valence-corrected chi connectivity index (χ0v) is 27.5. The molecule has 5 nitrogen and oxygen atoms in total. The summed E-state index contributed by atoms with van der Waals surface area (Å²) in [6.07, 6.45) is 1.92. The summed E-state index contributed by atoms with van der Waals surface area (Å²) in [5.74, 6) is 1.88. The van der Waals surface area contributed by atoms with Crippen LogP contribution in [-0.4, -0.2) is 24.5 Å². The van der Waals surface area contributed by atoms with E-state index in [1.807, 2.05) is 66.9 Å². The predicted molar refractivity (Wildman–Crippen MR) is 207 cm³/mol. The normalized spacial score (nSPS) is 11.6. The van der Waals surface area contributed by atoms with Crippen molar-refractivity contribution < 1.29 is 0 Å². The maximum absolute atomic E-state index is 5.14. The average molecular weight is 658 g/mol. The van der Waals surface area contributed by atoms with Gasteiger partial charge in [0.1, 0.15) is 0 Å². The second kappa shape index (κ2) is 11.6. The lowest BCUT2D eigenvalue weighted by Gasteiger charge is -2.14. The van der Waals surface area contributed by atoms with E-state index in [9.17, 15) is 0 Å². The summed E-state index contributed by atoms with van der Waals surface area (Å²) < 4.78 is 4.74. The lowest BCUT2D eigenvalue weighted by Crippen LogP contribution is -2.01. The van der Waals surface area contributed by atoms with Crippen LogP contribution in [0.1, 0.15) is 0 Å². The van der Waals surface area contributed by atoms with Gasteiger partial charge in [0.2, 0.25) is 0 Å². The van der Waals surface area contributed by atoms with Crippen LogP contribution in [0.5, 0.6) is 0 Å². The summed E-state index contributed by atoms with van der Waals surface area (Å²) in [5, 5.41) is 3.60. The van der Waals surface area contributed by atoms with Crippen LogP contribution >= 0.6 is 11.3 Å². The molecule has 6 aromatic carbocycles. The fourth-order valence-electron chi connectivity index (χ4n) is 7.00. The van der Waals surface area contributed by atoms with Crippen LogP contribution in [-0.2, 0) is 0 Å². The molecule has 0 radical (unpaired) electrons. The van der Waals surface area contributed by atoms with Crippen molar-refractivity contribution in [3.05, 3.63) is 164 Å². The minimum Gasteiger partial charge on any atom is -0.309 e. The van der Waals surface area contributed by atoms with Gasteiger partial charge in [0, 0.05) is 55.0 Å². The molecule has 10 aromatic rings. The van der Waals surface area contributed by atoms with E-state index in [-0.39, 0.29) is 0 Å². The van der Waals surface area contributed by atoms with Gasteiger partial charge in [-0.1, -0.05) is 115 Å². The Morgan fingerprint density at radius 3 is 1.60 bits per heavy atom. The Morgan fingerprint density at radius 1 is 0.440 bits per heavy atom. The fraction of sp³-hybridized carbons (Fsp3) is 0. The molecular weight excluding hydrogens is 631 g/mol. The van der Waals surface area contributed by atoms with Crippen molar-refractivity contribution in [1.29, 1.82) is 0 Å². The number of rotatable bonds is 5. The van der Waals surface area contributed by atoms with E-state index in [1.165, 1.54) is 20.9 Å². The van der Waals surface area contributed by atoms with Crippen LogP contribution in [0.3, 0.4) is 0 Å². The van der Waals surface area contributed by atoms with E-state index >= 15 is 0 Å². The van der Waals surface area contributed by atoms with E-state index in [0.717, 1.165) is 54.8 Å². The Morgan fingerprint density at radius 2 is 0.960 bits per heavy atom. The Labute approximate surface area is 291 Å². The van der Waals surface area contributed by atoms with Gasteiger partial charge in [0.25, 0.3) is 0 Å². The van der Waals surface area contributed by atoms with Gasteiger partial charge in [0.05, 0.1) is 21.3 Å². The van der Waals surface area contributed by atoms with Crippen molar-refractivity contribution in [2.75, 3.05) is 0 Å². The van der Waals surface area contributed by atoms with Gasteiger partial charge < -0.3 is 4.57 Å². The first-order chi connectivity index (χ1) is 24.8. The Bertz CT molecular complexity index is 2760. The molecule has 0 aliphatic rings. The maximum atomic E-state index is 5.14. The van der Waals surface area contributed by atoms with Gasteiger partial charge in [-0.25, -0.2) is 15.0 Å². The summed E-state index contributed by atoms with van der Waals surface area (Å²) in [7, 11) is 0. The number of para-hydroxylation sites is 2. The van der Waals surface area contributed by atoms with E-state index in [1.54, 1.807) is 11.3 Å². The highest BCUT2D eigenvalue weighted by Crippen LogP contribution is 2.41. The topological polar surface area (TPSA) is 56.5 Å². The van der Waals surface area contributed by atoms with Crippen molar-refractivity contribution in [2.45, 2.75) is 0 Å². The standard InChI is InChI=1S/C44H27N5S/c1-3-13-28(14-4-1)42-46-43(29-15-5-2-6-16-29)48-44(47-42)31-25-30(33-23-24-45-40-36-19-9-12-22-39(36)50-41(33)40)26-32(27-31)49-37-20-10-7-17-34(37)35-18-8-11-21-38(35)49/h1-27H. The van der Waals surface area contributed by atoms with Gasteiger partial charge >= 0.3 is 0 Å². The number of hydrogen-bond donors (Lipinski definition) is 0. The Hall–Kier alpha value is -6.50. The van der Waals surface area contributed by atoms with Crippen LogP contribution in [0, 0.1) is 0 Å². The first kappa shape index (κ1) is 28.5. The molecule has 0 bridgehead atoms. The molecule has 50 heavy (non-hydrogen) atoms. The summed E-state index contributed by atoms with van der Waals surface area (Å²) in [4.78, 5) is 20.1. The summed E-state index contributed by atoms with van der Waals surface area (Å²) in [5.41, 5.74) is 9.31. The molecule has 0 N–H and O–H groups in total. The molecule has 0 fully saturated rings. The number of hydrogen-bond acceptors (Lipinski definition) is 5. The summed E-state index contributed by atoms with van der Waals surface area (Å²) >= 11 is 1.78. The maximum Gasteiger partial charge on any atom is 0.164 e. The minimum absolute atomic E-state index is 0.614. The lowest BCUT2D eigenvalue weighted by molar-refractivity contribution is 1.07. The molecule has 0 atom stereocenters. The third-order valence-corrected chi connectivity index (χ3v) is 10.5. The zero-order chi connectivity index (χ0) is 33.0. The highest BCUT2D eigenvalue weighted by Gasteiger charge is 2.19. The molecule has 234 valence electrons. The molecule has 10 rings (SSSR count). The molecular formula is C44H27N5S. The van der Waals surface area contributed by atoms with Crippen molar-refractivity contribution in [3.8, 4) is 51.0 Å². The molecule has 0 amide bonds. The second-order valence-electron chi connectivity index (χ2n) is 12.3. The summed E-state index contributed by atoms with van der Waals surface area (Å²) in [6.45, 7) is 0. The number of benzene rings is 6. The monoisotopic (exact) mass is 657 g/mol. The molecule has 4 heterocycles. The molecule has 0 saturated heterocycles. The van der Waals surface area contributed by atoms with Crippen molar-refractivity contribution in [3.63, 3.8) is 0 Å². The molecule has 0 unspecified atom stereocenters. The van der Waals surface area contributed by atoms with E-state index in [2.05, 4.69) is 102 Å². The predicted octanol–water partition coefficient (Wildman–Crippen LogP) is 11.4. The van der Waals surface area contributed by atoms with Crippen molar-refractivity contribution in [1.82, 2.24) is 24.5 Å².